The molecule has 0 spiro atoms. The lowest BCUT2D eigenvalue weighted by Crippen LogP contribution is -2.34. The molecule has 126 valence electrons. The van der Waals surface area contributed by atoms with Gasteiger partial charge in [0.1, 0.15) is 5.76 Å². The molecule has 0 amide bonds. The number of fused-ring (bicyclic) bond motifs is 1. The third-order valence-electron chi connectivity index (χ3n) is 4.72. The molecule has 0 bridgehead atoms. The van der Waals surface area contributed by atoms with Gasteiger partial charge in [-0.05, 0) is 38.4 Å². The van der Waals surface area contributed by atoms with E-state index >= 15 is 0 Å². The van der Waals surface area contributed by atoms with Crippen LogP contribution < -0.4 is 5.73 Å². The van der Waals surface area contributed by atoms with Gasteiger partial charge in [0.2, 0.25) is 0 Å². The molecule has 1 saturated heterocycles. The number of piperidine rings is 1. The Hall–Kier alpha value is -2.41. The zero-order valence-electron chi connectivity index (χ0n) is 14.1. The van der Waals surface area contributed by atoms with Gasteiger partial charge in [-0.25, -0.2) is 9.67 Å². The molecule has 24 heavy (non-hydrogen) atoms. The van der Waals surface area contributed by atoms with E-state index in [0.29, 0.717) is 11.7 Å². The lowest BCUT2D eigenvalue weighted by atomic mass is 9.94. The molecule has 1 fully saturated rings. The molecule has 4 rings (SSSR count). The van der Waals surface area contributed by atoms with Crippen molar-refractivity contribution in [3.8, 4) is 0 Å². The third-order valence-corrected chi connectivity index (χ3v) is 4.72. The number of hydrogen-bond acceptors (Lipinski definition) is 6. The van der Waals surface area contributed by atoms with Crippen LogP contribution in [0.2, 0.25) is 0 Å². The van der Waals surface area contributed by atoms with E-state index < -0.39 is 0 Å². The normalized spacial score (nSPS) is 19.2. The maximum Gasteiger partial charge on any atom is 0.159 e. The summed E-state index contributed by atoms with van der Waals surface area (Å²) in [6.45, 7) is 4.82. The molecule has 0 unspecified atom stereocenters. The van der Waals surface area contributed by atoms with E-state index in [1.165, 1.54) is 0 Å². The number of aromatic nitrogens is 4. The van der Waals surface area contributed by atoms with Crippen molar-refractivity contribution in [1.82, 2.24) is 24.8 Å². The van der Waals surface area contributed by atoms with Gasteiger partial charge in [-0.15, -0.1) is 0 Å². The molecular weight excluding hydrogens is 304 g/mol. The molecule has 0 radical (unpaired) electrons. The van der Waals surface area contributed by atoms with Crippen molar-refractivity contribution in [1.29, 1.82) is 0 Å². The lowest BCUT2D eigenvalue weighted by Gasteiger charge is -2.31. The standard InChI is InChI=1S/C17H22N6O/c1-11-8-13(21-24-11)10-23-7-3-4-12(9-23)15-6-5-14-16(18)20-22(2)17(14)19-15/h5-6,8,12H,3-4,7,9-10H2,1-2H3,(H2,18,20)/t12-/m0/s1. The highest BCUT2D eigenvalue weighted by atomic mass is 16.5. The van der Waals surface area contributed by atoms with Crippen molar-refractivity contribution < 1.29 is 4.52 Å². The first-order chi connectivity index (χ1) is 11.6. The number of nitrogens with zero attached hydrogens (tertiary/aromatic N) is 5. The van der Waals surface area contributed by atoms with Gasteiger partial charge in [-0.3, -0.25) is 4.90 Å². The van der Waals surface area contributed by atoms with Gasteiger partial charge in [-0.2, -0.15) is 5.10 Å². The maximum absolute atomic E-state index is 5.92. The molecule has 4 heterocycles. The average molecular weight is 326 g/mol. The molecule has 2 N–H and O–H groups in total. The number of pyridine rings is 1. The van der Waals surface area contributed by atoms with Crippen molar-refractivity contribution in [2.75, 3.05) is 18.8 Å². The molecule has 3 aromatic rings. The van der Waals surface area contributed by atoms with E-state index in [2.05, 4.69) is 21.2 Å². The summed E-state index contributed by atoms with van der Waals surface area (Å²) in [5, 5.41) is 9.28. The van der Waals surface area contributed by atoms with Crippen molar-refractivity contribution in [2.24, 2.45) is 7.05 Å². The fourth-order valence-corrected chi connectivity index (χ4v) is 3.56. The Morgan fingerprint density at radius 1 is 1.38 bits per heavy atom. The molecule has 0 aliphatic carbocycles. The Labute approximate surface area is 140 Å². The van der Waals surface area contributed by atoms with Gasteiger partial charge in [0, 0.05) is 37.8 Å². The molecule has 3 aromatic heterocycles. The van der Waals surface area contributed by atoms with E-state index in [9.17, 15) is 0 Å². The van der Waals surface area contributed by atoms with Crippen LogP contribution >= 0.6 is 0 Å². The Bertz CT molecular complexity index is 867. The van der Waals surface area contributed by atoms with Crippen LogP contribution in [0, 0.1) is 6.92 Å². The topological polar surface area (TPSA) is 86.0 Å². The first-order valence-corrected chi connectivity index (χ1v) is 8.34. The summed E-state index contributed by atoms with van der Waals surface area (Å²) in [6, 6.07) is 6.14. The monoisotopic (exact) mass is 326 g/mol. The number of nitrogens with two attached hydrogens (primary N) is 1. The van der Waals surface area contributed by atoms with Crippen molar-refractivity contribution in [3.05, 3.63) is 35.3 Å². The smallest absolute Gasteiger partial charge is 0.159 e. The fraction of sp³-hybridized carbons (Fsp3) is 0.471. The zero-order chi connectivity index (χ0) is 16.7. The largest absolute Gasteiger partial charge is 0.382 e. The van der Waals surface area contributed by atoms with Gasteiger partial charge in [0.25, 0.3) is 0 Å². The molecule has 0 aromatic carbocycles. The molecule has 7 nitrogen and oxygen atoms in total. The summed E-state index contributed by atoms with van der Waals surface area (Å²) < 4.78 is 6.93. The van der Waals surface area contributed by atoms with E-state index in [1.54, 1.807) is 4.68 Å². The Morgan fingerprint density at radius 3 is 3.04 bits per heavy atom. The maximum atomic E-state index is 5.92. The summed E-state index contributed by atoms with van der Waals surface area (Å²) in [5.74, 6) is 1.82. The van der Waals surface area contributed by atoms with Crippen LogP contribution in [0.4, 0.5) is 5.82 Å². The highest BCUT2D eigenvalue weighted by Gasteiger charge is 2.24. The van der Waals surface area contributed by atoms with Crippen LogP contribution in [0.15, 0.2) is 22.7 Å². The van der Waals surface area contributed by atoms with Gasteiger partial charge < -0.3 is 10.3 Å². The summed E-state index contributed by atoms with van der Waals surface area (Å²) in [6.07, 6.45) is 2.31. The summed E-state index contributed by atoms with van der Waals surface area (Å²) in [5.41, 5.74) is 8.89. The molecule has 1 atom stereocenters. The van der Waals surface area contributed by atoms with Crippen LogP contribution in [0.3, 0.4) is 0 Å². The van der Waals surface area contributed by atoms with E-state index in [1.807, 2.05) is 26.1 Å². The highest BCUT2D eigenvalue weighted by molar-refractivity contribution is 5.86. The Balaban J connectivity index is 1.54. The second-order valence-electron chi connectivity index (χ2n) is 6.62. The minimum atomic E-state index is 0.423. The minimum Gasteiger partial charge on any atom is -0.382 e. The van der Waals surface area contributed by atoms with Crippen molar-refractivity contribution in [2.45, 2.75) is 32.2 Å². The van der Waals surface area contributed by atoms with Crippen LogP contribution in [0.25, 0.3) is 11.0 Å². The zero-order valence-corrected chi connectivity index (χ0v) is 14.1. The van der Waals surface area contributed by atoms with Gasteiger partial charge in [0.05, 0.1) is 11.1 Å². The van der Waals surface area contributed by atoms with Gasteiger partial charge >= 0.3 is 0 Å². The summed E-state index contributed by atoms with van der Waals surface area (Å²) in [7, 11) is 1.88. The number of rotatable bonds is 3. The van der Waals surface area contributed by atoms with Crippen molar-refractivity contribution >= 4 is 16.9 Å². The molecule has 7 heteroatoms. The fourth-order valence-electron chi connectivity index (χ4n) is 3.56. The number of nitrogen functional groups attached to an aromatic ring is 1. The highest BCUT2D eigenvalue weighted by Crippen LogP contribution is 2.28. The minimum absolute atomic E-state index is 0.423. The summed E-state index contributed by atoms with van der Waals surface area (Å²) in [4.78, 5) is 7.25. The second-order valence-corrected chi connectivity index (χ2v) is 6.62. The van der Waals surface area contributed by atoms with Crippen LogP contribution in [-0.4, -0.2) is 37.9 Å². The molecule has 1 aliphatic heterocycles. The predicted octanol–water partition coefficient (Wildman–Crippen LogP) is 2.23. The predicted molar refractivity (Wildman–Crippen MR) is 91.4 cm³/mol. The van der Waals surface area contributed by atoms with E-state index in [4.69, 9.17) is 15.2 Å². The summed E-state index contributed by atoms with van der Waals surface area (Å²) >= 11 is 0. The Kier molecular flexibility index (Phi) is 3.72. The van der Waals surface area contributed by atoms with Gasteiger partial charge in [0.15, 0.2) is 11.5 Å². The third kappa shape index (κ3) is 2.75. The van der Waals surface area contributed by atoms with Crippen molar-refractivity contribution in [3.63, 3.8) is 0 Å². The number of hydrogen-bond donors (Lipinski definition) is 1. The Morgan fingerprint density at radius 2 is 2.25 bits per heavy atom. The first-order valence-electron chi connectivity index (χ1n) is 8.34. The number of likely N-dealkylation sites (tertiary alicyclic amines) is 1. The van der Waals surface area contributed by atoms with Crippen LogP contribution in [0.5, 0.6) is 0 Å². The van der Waals surface area contributed by atoms with Crippen LogP contribution in [-0.2, 0) is 13.6 Å². The molecule has 1 aliphatic rings. The molecular formula is C17H22N6O. The van der Waals surface area contributed by atoms with E-state index in [0.717, 1.165) is 60.7 Å². The van der Waals surface area contributed by atoms with Crippen LogP contribution in [0.1, 0.15) is 35.9 Å². The number of anilines is 1. The molecule has 0 saturated carbocycles. The lowest BCUT2D eigenvalue weighted by molar-refractivity contribution is 0.193. The second kappa shape index (κ2) is 5.90. The SMILES string of the molecule is Cc1cc(CN2CCC[C@H](c3ccc4c(N)nn(C)c4n3)C2)no1. The first kappa shape index (κ1) is 15.1. The average Bonchev–Trinajstić information content (AvgIpc) is 3.11. The van der Waals surface area contributed by atoms with E-state index in [-0.39, 0.29) is 0 Å². The van der Waals surface area contributed by atoms with Gasteiger partial charge in [-0.1, -0.05) is 5.16 Å². The number of aryl methyl sites for hydroxylation is 2. The quantitative estimate of drug-likeness (QED) is 0.794.